The zero-order chi connectivity index (χ0) is 30.0. The molecule has 0 aromatic heterocycles. The Balaban J connectivity index is 1.47. The number of hydrogen-bond donors (Lipinski definition) is 1. The lowest BCUT2D eigenvalue weighted by molar-refractivity contribution is -0.140. The van der Waals surface area contributed by atoms with Crippen LogP contribution in [0.4, 0.5) is 8.78 Å². The number of aliphatic hydroxyl groups is 1. The first-order valence-electron chi connectivity index (χ1n) is 15.2. The van der Waals surface area contributed by atoms with Crippen molar-refractivity contribution in [1.29, 1.82) is 0 Å². The summed E-state index contributed by atoms with van der Waals surface area (Å²) >= 11 is 0. The van der Waals surface area contributed by atoms with Crippen LogP contribution < -0.4 is 9.92 Å². The van der Waals surface area contributed by atoms with Gasteiger partial charge in [0.15, 0.2) is 11.6 Å². The number of halogens is 2. The second-order valence-corrected chi connectivity index (χ2v) is 17.2. The van der Waals surface area contributed by atoms with Crippen LogP contribution >= 0.6 is 0 Å². The Labute approximate surface area is 246 Å². The minimum absolute atomic E-state index is 0.0495. The summed E-state index contributed by atoms with van der Waals surface area (Å²) < 4.78 is 41.5. The summed E-state index contributed by atoms with van der Waals surface area (Å²) in [5, 5.41) is 10.2. The van der Waals surface area contributed by atoms with E-state index in [1.807, 2.05) is 24.3 Å². The summed E-state index contributed by atoms with van der Waals surface area (Å²) in [5.41, 5.74) is 2.14. The van der Waals surface area contributed by atoms with Crippen LogP contribution in [0, 0.1) is 17.6 Å². The number of carbonyl (C=O) groups is 1. The van der Waals surface area contributed by atoms with Gasteiger partial charge in [0.25, 0.3) is 0 Å². The molecule has 7 heteroatoms. The van der Waals surface area contributed by atoms with Crippen molar-refractivity contribution in [2.75, 3.05) is 19.8 Å². The van der Waals surface area contributed by atoms with Gasteiger partial charge in [0.2, 0.25) is 0 Å². The molecule has 3 rings (SSSR count). The Kier molecular flexibility index (Phi) is 12.6. The van der Waals surface area contributed by atoms with Crippen LogP contribution in [-0.4, -0.2) is 39.0 Å². The van der Waals surface area contributed by atoms with Gasteiger partial charge in [-0.05, 0) is 85.7 Å². The molecule has 1 N–H and O–H groups in total. The molecule has 2 aromatic carbocycles. The lowest BCUT2D eigenvalue weighted by Crippen LogP contribution is -2.44. The summed E-state index contributed by atoms with van der Waals surface area (Å²) in [6.07, 6.45) is 7.14. The smallest absolute Gasteiger partial charge is 0.333 e. The van der Waals surface area contributed by atoms with Crippen molar-refractivity contribution >= 4 is 19.2 Å². The minimum atomic E-state index is -1.99. The summed E-state index contributed by atoms with van der Waals surface area (Å²) in [5.74, 6) is -0.535. The van der Waals surface area contributed by atoms with Crippen molar-refractivity contribution in [3.05, 3.63) is 71.3 Å². The van der Waals surface area contributed by atoms with Crippen molar-refractivity contribution in [2.24, 2.45) is 5.92 Å². The number of benzene rings is 2. The number of carbonyl (C=O) groups excluding carboxylic acids is 1. The van der Waals surface area contributed by atoms with Gasteiger partial charge in [-0.3, -0.25) is 0 Å². The molecule has 0 heterocycles. The number of aliphatic hydroxyl groups excluding tert-OH is 1. The van der Waals surface area contributed by atoms with E-state index in [0.29, 0.717) is 35.3 Å². The first-order valence-corrected chi connectivity index (χ1v) is 18.4. The molecule has 0 aliphatic heterocycles. The standard InChI is InChI=1S/C34H48F2O4Si/c1-6-7-21-41(4,5)31-19-18-30(32(35)33(31)36)28-12-10-26(11-13-28)27-14-16-29(17-15-27)39-20-8-9-25(22-37)23-40-34(38)24(2)3/h14-19,25-26,28,37H,2,6-13,20-23H2,1,3-5H3. The fourth-order valence-electron chi connectivity index (χ4n) is 5.84. The highest BCUT2D eigenvalue weighted by molar-refractivity contribution is 6.89. The van der Waals surface area contributed by atoms with Gasteiger partial charge in [-0.15, -0.1) is 0 Å². The number of rotatable bonds is 15. The molecule has 4 nitrogen and oxygen atoms in total. The average molecular weight is 587 g/mol. The van der Waals surface area contributed by atoms with Crippen molar-refractivity contribution in [3.63, 3.8) is 0 Å². The van der Waals surface area contributed by atoms with Gasteiger partial charge in [-0.25, -0.2) is 13.6 Å². The SMILES string of the molecule is C=C(C)C(=O)OCC(CO)CCCOc1ccc(C2CCC(c3ccc([Si](C)(C)CCCC)c(F)c3F)CC2)cc1. The number of unbranched alkanes of at least 4 members (excludes halogenated alkanes) is 1. The summed E-state index contributed by atoms with van der Waals surface area (Å²) in [4.78, 5) is 11.5. The first-order chi connectivity index (χ1) is 19.6. The van der Waals surface area contributed by atoms with E-state index in [1.54, 1.807) is 6.92 Å². The molecule has 2 aromatic rings. The normalized spacial score (nSPS) is 18.1. The second kappa shape index (κ2) is 15.6. The highest BCUT2D eigenvalue weighted by Crippen LogP contribution is 2.41. The molecule has 1 aliphatic rings. The van der Waals surface area contributed by atoms with Crippen LogP contribution in [0.1, 0.15) is 88.2 Å². The Morgan fingerprint density at radius 1 is 1.02 bits per heavy atom. The molecule has 1 unspecified atom stereocenters. The Hall–Kier alpha value is -2.51. The van der Waals surface area contributed by atoms with E-state index in [0.717, 1.165) is 56.7 Å². The molecular formula is C34H48F2O4Si. The lowest BCUT2D eigenvalue weighted by atomic mass is 9.76. The van der Waals surface area contributed by atoms with E-state index in [4.69, 9.17) is 9.47 Å². The average Bonchev–Trinajstić information content (AvgIpc) is 2.97. The molecule has 226 valence electrons. The molecule has 0 amide bonds. The largest absolute Gasteiger partial charge is 0.494 e. The summed E-state index contributed by atoms with van der Waals surface area (Å²) in [7, 11) is -1.99. The van der Waals surface area contributed by atoms with Crippen LogP contribution in [0.5, 0.6) is 5.75 Å². The van der Waals surface area contributed by atoms with Crippen molar-refractivity contribution in [2.45, 2.75) is 96.2 Å². The summed E-state index contributed by atoms with van der Waals surface area (Å²) in [6.45, 7) is 12.2. The third kappa shape index (κ3) is 9.24. The van der Waals surface area contributed by atoms with Gasteiger partial charge in [-0.1, -0.05) is 69.7 Å². The van der Waals surface area contributed by atoms with Crippen molar-refractivity contribution in [3.8, 4) is 5.75 Å². The maximum atomic E-state index is 15.3. The van der Waals surface area contributed by atoms with Gasteiger partial charge in [0.05, 0.1) is 21.3 Å². The van der Waals surface area contributed by atoms with Crippen LogP contribution in [0.3, 0.4) is 0 Å². The minimum Gasteiger partial charge on any atom is -0.494 e. The molecule has 1 fully saturated rings. The third-order valence-corrected chi connectivity index (χ3v) is 12.0. The highest BCUT2D eigenvalue weighted by Gasteiger charge is 2.31. The highest BCUT2D eigenvalue weighted by atomic mass is 28.3. The quantitative estimate of drug-likeness (QED) is 0.0994. The fraction of sp³-hybridized carbons (Fsp3) is 0.559. The molecule has 0 spiro atoms. The van der Waals surface area contributed by atoms with Crippen molar-refractivity contribution in [1.82, 2.24) is 0 Å². The molecule has 0 radical (unpaired) electrons. The monoisotopic (exact) mass is 586 g/mol. The predicted molar refractivity (Wildman–Crippen MR) is 165 cm³/mol. The fourth-order valence-corrected chi connectivity index (χ4v) is 8.58. The van der Waals surface area contributed by atoms with E-state index in [2.05, 4.69) is 38.7 Å². The van der Waals surface area contributed by atoms with Crippen LogP contribution in [-0.2, 0) is 9.53 Å². The van der Waals surface area contributed by atoms with Crippen molar-refractivity contribution < 1.29 is 28.2 Å². The predicted octanol–water partition coefficient (Wildman–Crippen LogP) is 8.01. The van der Waals surface area contributed by atoms with E-state index < -0.39 is 25.7 Å². The molecule has 1 saturated carbocycles. The second-order valence-electron chi connectivity index (χ2n) is 12.4. The number of hydrogen-bond acceptors (Lipinski definition) is 4. The number of ether oxygens (including phenoxy) is 2. The molecule has 1 atom stereocenters. The molecule has 0 bridgehead atoms. The Morgan fingerprint density at radius 3 is 2.29 bits per heavy atom. The molecule has 1 aliphatic carbocycles. The topological polar surface area (TPSA) is 55.8 Å². The van der Waals surface area contributed by atoms with Gasteiger partial charge in [0.1, 0.15) is 5.75 Å². The van der Waals surface area contributed by atoms with E-state index in [9.17, 15) is 9.90 Å². The Bertz CT molecular complexity index is 1140. The van der Waals surface area contributed by atoms with E-state index in [-0.39, 0.29) is 25.0 Å². The maximum absolute atomic E-state index is 15.3. The first kappa shape index (κ1) is 33.0. The lowest BCUT2D eigenvalue weighted by Gasteiger charge is -2.30. The zero-order valence-electron chi connectivity index (χ0n) is 25.3. The number of esters is 1. The van der Waals surface area contributed by atoms with Gasteiger partial charge >= 0.3 is 5.97 Å². The van der Waals surface area contributed by atoms with Crippen LogP contribution in [0.25, 0.3) is 0 Å². The van der Waals surface area contributed by atoms with E-state index in [1.165, 1.54) is 5.56 Å². The van der Waals surface area contributed by atoms with Crippen LogP contribution in [0.2, 0.25) is 19.1 Å². The van der Waals surface area contributed by atoms with Gasteiger partial charge in [-0.2, -0.15) is 0 Å². The third-order valence-electron chi connectivity index (χ3n) is 8.60. The molecule has 0 saturated heterocycles. The van der Waals surface area contributed by atoms with E-state index >= 15 is 8.78 Å². The summed E-state index contributed by atoms with van der Waals surface area (Å²) in [6, 6.07) is 12.9. The van der Waals surface area contributed by atoms with Gasteiger partial charge in [0, 0.05) is 18.1 Å². The molecular weight excluding hydrogens is 538 g/mol. The van der Waals surface area contributed by atoms with Gasteiger partial charge < -0.3 is 14.6 Å². The van der Waals surface area contributed by atoms with Crippen LogP contribution in [0.15, 0.2) is 48.6 Å². The Morgan fingerprint density at radius 2 is 1.68 bits per heavy atom. The maximum Gasteiger partial charge on any atom is 0.333 e. The zero-order valence-corrected chi connectivity index (χ0v) is 26.3. The molecule has 41 heavy (non-hydrogen) atoms.